The fourth-order valence-corrected chi connectivity index (χ4v) is 2.03. The van der Waals surface area contributed by atoms with Crippen LogP contribution >= 0.6 is 0 Å². The van der Waals surface area contributed by atoms with Crippen LogP contribution in [-0.2, 0) is 19.1 Å². The quantitative estimate of drug-likeness (QED) is 0.561. The van der Waals surface area contributed by atoms with Crippen LogP contribution in [0.15, 0.2) is 0 Å². The largest absolute Gasteiger partial charge is 0.459 e. The van der Waals surface area contributed by atoms with E-state index in [-0.39, 0.29) is 24.3 Å². The van der Waals surface area contributed by atoms with Gasteiger partial charge in [-0.3, -0.25) is 30.1 Å². The van der Waals surface area contributed by atoms with Crippen molar-refractivity contribution >= 4 is 17.8 Å². The fourth-order valence-electron chi connectivity index (χ4n) is 2.03. The minimum Gasteiger partial charge on any atom is -0.459 e. The van der Waals surface area contributed by atoms with E-state index in [1.165, 1.54) is 6.92 Å². The zero-order valence-corrected chi connectivity index (χ0v) is 12.5. The maximum atomic E-state index is 12.1. The molecule has 1 fully saturated rings. The van der Waals surface area contributed by atoms with Crippen LogP contribution < -0.4 is 10.9 Å². The highest BCUT2D eigenvalue weighted by Gasteiger charge is 2.34. The molecule has 1 heterocycles. The van der Waals surface area contributed by atoms with E-state index < -0.39 is 11.6 Å². The smallest absolute Gasteiger partial charge is 0.323 e. The molecular formula is C13H23N3O4. The molecule has 0 unspecified atom stereocenters. The topological polar surface area (TPSA) is 87.7 Å². The number of hydrazine groups is 1. The van der Waals surface area contributed by atoms with Gasteiger partial charge in [0, 0.05) is 6.92 Å². The molecule has 0 bridgehead atoms. The molecule has 0 aromatic heterocycles. The van der Waals surface area contributed by atoms with Crippen LogP contribution in [0.2, 0.25) is 0 Å². The van der Waals surface area contributed by atoms with E-state index in [1.807, 2.05) is 20.8 Å². The third-order valence-electron chi connectivity index (χ3n) is 2.77. The number of likely N-dealkylation sites (tertiary alicyclic amines) is 1. The van der Waals surface area contributed by atoms with Crippen molar-refractivity contribution in [3.8, 4) is 0 Å². The summed E-state index contributed by atoms with van der Waals surface area (Å²) in [4.78, 5) is 36.2. The van der Waals surface area contributed by atoms with Gasteiger partial charge in [0.25, 0.3) is 5.91 Å². The molecular weight excluding hydrogens is 262 g/mol. The van der Waals surface area contributed by atoms with Crippen molar-refractivity contribution < 1.29 is 19.1 Å². The lowest BCUT2D eigenvalue weighted by Gasteiger charge is -2.26. The number of carbonyl (C=O) groups is 3. The lowest BCUT2D eigenvalue weighted by atomic mass is 10.1. The highest BCUT2D eigenvalue weighted by atomic mass is 16.6. The summed E-state index contributed by atoms with van der Waals surface area (Å²) in [7, 11) is 0. The highest BCUT2D eigenvalue weighted by Crippen LogP contribution is 2.20. The Balaban J connectivity index is 2.50. The highest BCUT2D eigenvalue weighted by molar-refractivity contribution is 5.83. The summed E-state index contributed by atoms with van der Waals surface area (Å²) in [6.07, 6.45) is 1.53. The van der Waals surface area contributed by atoms with Crippen LogP contribution in [-0.4, -0.2) is 47.4 Å². The molecule has 7 nitrogen and oxygen atoms in total. The van der Waals surface area contributed by atoms with Crippen molar-refractivity contribution in [1.29, 1.82) is 0 Å². The molecule has 2 N–H and O–H groups in total. The Kier molecular flexibility index (Phi) is 5.50. The normalized spacial score (nSPS) is 19.5. The number of hydrogen-bond donors (Lipinski definition) is 2. The Bertz CT molecular complexity index is 390. The van der Waals surface area contributed by atoms with Crippen molar-refractivity contribution in [2.75, 3.05) is 13.1 Å². The molecule has 7 heteroatoms. The van der Waals surface area contributed by atoms with E-state index in [2.05, 4.69) is 10.9 Å². The second-order valence-corrected chi connectivity index (χ2v) is 5.89. The number of nitrogens with one attached hydrogen (secondary N) is 2. The number of hydrogen-bond acceptors (Lipinski definition) is 5. The van der Waals surface area contributed by atoms with E-state index in [0.29, 0.717) is 13.0 Å². The number of rotatable bonds is 3. The second-order valence-electron chi connectivity index (χ2n) is 5.89. The molecule has 0 radical (unpaired) electrons. The SMILES string of the molecule is CC(=O)NNC(=O)CN1CCC[C@@H]1C(=O)OC(C)(C)C. The van der Waals surface area contributed by atoms with Gasteiger partial charge in [0.2, 0.25) is 5.91 Å². The van der Waals surface area contributed by atoms with Gasteiger partial charge >= 0.3 is 5.97 Å². The van der Waals surface area contributed by atoms with Gasteiger partial charge in [-0.15, -0.1) is 0 Å². The first kappa shape index (κ1) is 16.4. The summed E-state index contributed by atoms with van der Waals surface area (Å²) in [6, 6.07) is -0.391. The Morgan fingerprint density at radius 2 is 1.90 bits per heavy atom. The number of amides is 2. The fraction of sp³-hybridized carbons (Fsp3) is 0.769. The van der Waals surface area contributed by atoms with Crippen molar-refractivity contribution in [1.82, 2.24) is 15.8 Å². The molecule has 0 aromatic carbocycles. The lowest BCUT2D eigenvalue weighted by molar-refractivity contribution is -0.160. The van der Waals surface area contributed by atoms with Gasteiger partial charge in [-0.2, -0.15) is 0 Å². The van der Waals surface area contributed by atoms with Crippen LogP contribution in [0.3, 0.4) is 0 Å². The first-order valence-electron chi connectivity index (χ1n) is 6.71. The predicted octanol–water partition coefficient (Wildman–Crippen LogP) is -0.0402. The minimum absolute atomic E-state index is 0.0597. The summed E-state index contributed by atoms with van der Waals surface area (Å²) in [5, 5.41) is 0. The van der Waals surface area contributed by atoms with Crippen LogP contribution in [0.1, 0.15) is 40.5 Å². The maximum absolute atomic E-state index is 12.1. The Labute approximate surface area is 119 Å². The molecule has 1 aliphatic heterocycles. The summed E-state index contributed by atoms with van der Waals surface area (Å²) in [5.41, 5.74) is 3.97. The molecule has 0 saturated carbocycles. The number of esters is 1. The van der Waals surface area contributed by atoms with Crippen LogP contribution in [0, 0.1) is 0 Å². The first-order valence-corrected chi connectivity index (χ1v) is 6.71. The Morgan fingerprint density at radius 1 is 1.25 bits per heavy atom. The standard InChI is InChI=1S/C13H23N3O4/c1-9(17)14-15-11(18)8-16-7-5-6-10(16)12(19)20-13(2,3)4/h10H,5-8H2,1-4H3,(H,14,17)(H,15,18)/t10-/m1/s1. The van der Waals surface area contributed by atoms with Crippen molar-refractivity contribution in [2.45, 2.75) is 52.2 Å². The van der Waals surface area contributed by atoms with E-state index in [9.17, 15) is 14.4 Å². The summed E-state index contributed by atoms with van der Waals surface area (Å²) < 4.78 is 5.35. The van der Waals surface area contributed by atoms with Gasteiger partial charge < -0.3 is 4.74 Å². The van der Waals surface area contributed by atoms with E-state index in [1.54, 1.807) is 4.90 Å². The zero-order valence-electron chi connectivity index (χ0n) is 12.5. The molecule has 1 rings (SSSR count). The third-order valence-corrected chi connectivity index (χ3v) is 2.77. The summed E-state index contributed by atoms with van der Waals surface area (Å²) >= 11 is 0. The molecule has 2 amide bonds. The van der Waals surface area contributed by atoms with Crippen LogP contribution in [0.4, 0.5) is 0 Å². The van der Waals surface area contributed by atoms with Crippen LogP contribution in [0.25, 0.3) is 0 Å². The molecule has 0 aromatic rings. The molecule has 114 valence electrons. The van der Waals surface area contributed by atoms with Crippen molar-refractivity contribution in [3.05, 3.63) is 0 Å². The average Bonchev–Trinajstić information content (AvgIpc) is 2.72. The number of ether oxygens (including phenoxy) is 1. The number of nitrogens with zero attached hydrogens (tertiary/aromatic N) is 1. The lowest BCUT2D eigenvalue weighted by Crippen LogP contribution is -2.48. The van der Waals surface area contributed by atoms with Gasteiger partial charge in [-0.05, 0) is 40.2 Å². The average molecular weight is 285 g/mol. The Morgan fingerprint density at radius 3 is 2.45 bits per heavy atom. The molecule has 1 aliphatic rings. The molecule has 0 spiro atoms. The minimum atomic E-state index is -0.538. The molecule has 0 aliphatic carbocycles. The Hall–Kier alpha value is -1.63. The molecule has 20 heavy (non-hydrogen) atoms. The van der Waals surface area contributed by atoms with E-state index >= 15 is 0 Å². The maximum Gasteiger partial charge on any atom is 0.323 e. The summed E-state index contributed by atoms with van der Waals surface area (Å²) in [5.74, 6) is -0.999. The van der Waals surface area contributed by atoms with Crippen LogP contribution in [0.5, 0.6) is 0 Å². The number of carbonyl (C=O) groups excluding carboxylic acids is 3. The molecule has 1 atom stereocenters. The van der Waals surface area contributed by atoms with Gasteiger partial charge in [-0.25, -0.2) is 0 Å². The second kappa shape index (κ2) is 6.69. The molecule has 1 saturated heterocycles. The van der Waals surface area contributed by atoms with E-state index in [0.717, 1.165) is 6.42 Å². The van der Waals surface area contributed by atoms with Gasteiger partial charge in [0.1, 0.15) is 11.6 Å². The third kappa shape index (κ3) is 5.56. The summed E-state index contributed by atoms with van der Waals surface area (Å²) in [6.45, 7) is 7.47. The monoisotopic (exact) mass is 285 g/mol. The van der Waals surface area contributed by atoms with Crippen molar-refractivity contribution in [2.24, 2.45) is 0 Å². The van der Waals surface area contributed by atoms with Gasteiger partial charge in [-0.1, -0.05) is 0 Å². The zero-order chi connectivity index (χ0) is 15.3. The van der Waals surface area contributed by atoms with Gasteiger partial charge in [0.05, 0.1) is 6.54 Å². The van der Waals surface area contributed by atoms with Gasteiger partial charge in [0.15, 0.2) is 0 Å². The van der Waals surface area contributed by atoms with E-state index in [4.69, 9.17) is 4.74 Å². The van der Waals surface area contributed by atoms with Crippen molar-refractivity contribution in [3.63, 3.8) is 0 Å². The predicted molar refractivity (Wildman–Crippen MR) is 72.4 cm³/mol. The first-order chi connectivity index (χ1) is 9.19.